The Morgan fingerprint density at radius 1 is 0.339 bits per heavy atom. The zero-order chi connectivity index (χ0) is 45.8. The Hall–Kier alpha value is -7.91. The zero-order valence-electron chi connectivity index (χ0n) is 35.8. The van der Waals surface area contributed by atoms with Crippen LogP contribution in [0.1, 0.15) is 26.7 Å². The van der Waals surface area contributed by atoms with Crippen LogP contribution < -0.4 is 0 Å². The third-order valence-corrected chi connectivity index (χ3v) is 12.8. The SMILES string of the molecule is CC#CC#CC#CC#CC#CC#CC#CC#CC(=O)N(CCC[Si](OC)(OC)OC)CCN(CCC[Si](OC)(OC)OC)C(=O)C#CC#CC#CC#CC#CC#CC#CC#CC. The van der Waals surface area contributed by atoms with Crippen LogP contribution >= 0.6 is 0 Å². The number of nitrogens with zero attached hydrogens (tertiary/aromatic N) is 2. The largest absolute Gasteiger partial charge is 0.500 e. The first-order valence-electron chi connectivity index (χ1n) is 18.0. The molecule has 0 saturated carbocycles. The number of amides is 2. The average molecular weight is 853 g/mol. The second-order valence-corrected chi connectivity index (χ2v) is 16.8. The smallest absolute Gasteiger partial charge is 0.377 e. The van der Waals surface area contributed by atoms with Crippen molar-refractivity contribution in [2.45, 2.75) is 38.8 Å². The summed E-state index contributed by atoms with van der Waals surface area (Å²) in [5, 5.41) is 0. The molecule has 0 aromatic rings. The molecule has 306 valence electrons. The van der Waals surface area contributed by atoms with Crippen molar-refractivity contribution in [3.63, 3.8) is 0 Å². The first kappa shape index (κ1) is 54.1. The summed E-state index contributed by atoms with van der Waals surface area (Å²) in [5.41, 5.74) is 0. The van der Waals surface area contributed by atoms with Crippen LogP contribution in [0, 0.1) is 189 Å². The minimum Gasteiger partial charge on any atom is -0.377 e. The Kier molecular flexibility index (Phi) is 32.6. The van der Waals surface area contributed by atoms with E-state index >= 15 is 0 Å². The Bertz CT molecular complexity index is 2450. The number of carbonyl (C=O) groups is 2. The van der Waals surface area contributed by atoms with Crippen LogP contribution in [0.4, 0.5) is 0 Å². The molecule has 10 nitrogen and oxygen atoms in total. The molecule has 0 aromatic heterocycles. The summed E-state index contributed by atoms with van der Waals surface area (Å²) in [7, 11) is 3.15. The van der Waals surface area contributed by atoms with Crippen LogP contribution in [0.5, 0.6) is 0 Å². The van der Waals surface area contributed by atoms with Crippen LogP contribution in [-0.2, 0) is 36.1 Å². The molecule has 0 saturated heterocycles. The maximum absolute atomic E-state index is 13.4. The molecular weight excluding hydrogens is 813 g/mol. The van der Waals surface area contributed by atoms with Crippen molar-refractivity contribution in [2.75, 3.05) is 68.8 Å². The standard InChI is InChI=1S/C50H40N2O8Si2/c1-9-11-13-15-17-19-21-23-25-27-29-31-33-35-37-41-49(53)51(43-39-47-61(55-3,56-4)57-5)45-46-52(44-40-48-62(58-6,59-7)60-8)50(54)42-38-36-34-32-30-28-26-24-22-20-18-16-14-12-10-2/h39-40,43-48H2,1-8H3. The van der Waals surface area contributed by atoms with Gasteiger partial charge in [-0.3, -0.25) is 9.59 Å². The molecule has 2 amide bonds. The molecule has 0 unspecified atom stereocenters. The van der Waals surface area contributed by atoms with E-state index in [4.69, 9.17) is 26.6 Å². The van der Waals surface area contributed by atoms with Crippen LogP contribution in [-0.4, -0.2) is 108 Å². The molecule has 62 heavy (non-hydrogen) atoms. The maximum Gasteiger partial charge on any atom is 0.500 e. The van der Waals surface area contributed by atoms with Gasteiger partial charge in [-0.2, -0.15) is 0 Å². The molecule has 0 heterocycles. The van der Waals surface area contributed by atoms with Gasteiger partial charge in [-0.05, 0) is 192 Å². The number of hydrogen-bond acceptors (Lipinski definition) is 8. The second kappa shape index (κ2) is 37.4. The highest BCUT2D eigenvalue weighted by atomic mass is 28.4. The molecule has 0 bridgehead atoms. The fourth-order valence-corrected chi connectivity index (χ4v) is 7.57. The van der Waals surface area contributed by atoms with Crippen molar-refractivity contribution in [3.05, 3.63) is 0 Å². The van der Waals surface area contributed by atoms with E-state index in [2.05, 4.69) is 189 Å². The lowest BCUT2D eigenvalue weighted by molar-refractivity contribution is -0.129. The van der Waals surface area contributed by atoms with Gasteiger partial charge in [-0.25, -0.2) is 0 Å². The van der Waals surface area contributed by atoms with E-state index in [0.29, 0.717) is 24.9 Å². The summed E-state index contributed by atoms with van der Waals surface area (Å²) >= 11 is 0. The lowest BCUT2D eigenvalue weighted by Gasteiger charge is -2.29. The van der Waals surface area contributed by atoms with Crippen LogP contribution in [0.2, 0.25) is 12.1 Å². The van der Waals surface area contributed by atoms with Crippen molar-refractivity contribution in [3.8, 4) is 189 Å². The molecule has 0 N–H and O–H groups in total. The van der Waals surface area contributed by atoms with Crippen molar-refractivity contribution >= 4 is 29.4 Å². The first-order valence-corrected chi connectivity index (χ1v) is 21.9. The van der Waals surface area contributed by atoms with Gasteiger partial charge in [-0.15, -0.1) is 0 Å². The maximum atomic E-state index is 13.4. The number of hydrogen-bond donors (Lipinski definition) is 0. The lowest BCUT2D eigenvalue weighted by atomic mass is 10.3. The zero-order valence-corrected chi connectivity index (χ0v) is 37.8. The van der Waals surface area contributed by atoms with Gasteiger partial charge in [-0.1, -0.05) is 11.8 Å². The quantitative estimate of drug-likeness (QED) is 0.160. The number of rotatable bonds is 17. The molecule has 0 aliphatic carbocycles. The van der Waals surface area contributed by atoms with Crippen LogP contribution in [0.3, 0.4) is 0 Å². The second-order valence-electron chi connectivity index (χ2n) is 10.6. The van der Waals surface area contributed by atoms with Gasteiger partial charge in [0.25, 0.3) is 11.8 Å². The van der Waals surface area contributed by atoms with Crippen molar-refractivity contribution < 1.29 is 36.1 Å². The van der Waals surface area contributed by atoms with Gasteiger partial charge in [0.05, 0.1) is 0 Å². The Morgan fingerprint density at radius 3 is 0.758 bits per heavy atom. The van der Waals surface area contributed by atoms with Gasteiger partial charge < -0.3 is 36.4 Å². The Labute approximate surface area is 371 Å². The molecule has 0 radical (unpaired) electrons. The van der Waals surface area contributed by atoms with Crippen molar-refractivity contribution in [2.24, 2.45) is 0 Å². The predicted molar refractivity (Wildman–Crippen MR) is 241 cm³/mol. The highest BCUT2D eigenvalue weighted by molar-refractivity contribution is 6.60. The molecule has 0 fully saturated rings. The third kappa shape index (κ3) is 26.9. The molecule has 0 aliphatic rings. The molecular formula is C50H40N2O8Si2. The summed E-state index contributed by atoms with van der Waals surface area (Å²) in [5.74, 6) is 79.9. The Morgan fingerprint density at radius 2 is 0.548 bits per heavy atom. The van der Waals surface area contributed by atoms with E-state index in [1.165, 1.54) is 52.5 Å². The van der Waals surface area contributed by atoms with Gasteiger partial charge in [0.2, 0.25) is 0 Å². The van der Waals surface area contributed by atoms with Gasteiger partial charge in [0.15, 0.2) is 0 Å². The van der Waals surface area contributed by atoms with Crippen molar-refractivity contribution in [1.82, 2.24) is 9.80 Å². The van der Waals surface area contributed by atoms with E-state index in [1.807, 2.05) is 0 Å². The Balaban J connectivity index is 6.25. The molecule has 12 heteroatoms. The minimum atomic E-state index is -2.94. The van der Waals surface area contributed by atoms with E-state index < -0.39 is 29.4 Å². The highest BCUT2D eigenvalue weighted by Gasteiger charge is 2.38. The van der Waals surface area contributed by atoms with E-state index in [9.17, 15) is 9.59 Å². The molecule has 0 aliphatic heterocycles. The van der Waals surface area contributed by atoms with Crippen molar-refractivity contribution in [1.29, 1.82) is 0 Å². The van der Waals surface area contributed by atoms with Gasteiger partial charge in [0.1, 0.15) is 0 Å². The lowest BCUT2D eigenvalue weighted by Crippen LogP contribution is -2.45. The minimum absolute atomic E-state index is 0.0999. The van der Waals surface area contributed by atoms with Gasteiger partial charge >= 0.3 is 17.6 Å². The summed E-state index contributed by atoms with van der Waals surface area (Å²) < 4.78 is 33.2. The van der Waals surface area contributed by atoms with Crippen LogP contribution in [0.25, 0.3) is 0 Å². The molecule has 0 rings (SSSR count). The van der Waals surface area contributed by atoms with E-state index in [-0.39, 0.29) is 26.2 Å². The summed E-state index contributed by atoms with van der Waals surface area (Å²) in [6.45, 7) is 4.03. The molecule has 0 aromatic carbocycles. The topological polar surface area (TPSA) is 96.0 Å². The first-order chi connectivity index (χ1) is 30.3. The monoisotopic (exact) mass is 852 g/mol. The van der Waals surface area contributed by atoms with Gasteiger partial charge in [0, 0.05) is 92.8 Å². The van der Waals surface area contributed by atoms with E-state index in [1.54, 1.807) is 13.8 Å². The highest BCUT2D eigenvalue weighted by Crippen LogP contribution is 2.17. The fourth-order valence-electron chi connectivity index (χ4n) is 4.16. The van der Waals surface area contributed by atoms with Crippen LogP contribution in [0.15, 0.2) is 0 Å². The predicted octanol–water partition coefficient (Wildman–Crippen LogP) is 1.27. The molecule has 0 atom stereocenters. The fraction of sp³-hybridized carbons (Fsp3) is 0.320. The normalized spacial score (nSPS) is 7.94. The third-order valence-electron chi connectivity index (χ3n) is 7.12. The summed E-state index contributed by atoms with van der Waals surface area (Å²) in [6, 6.07) is 0.825. The summed E-state index contributed by atoms with van der Waals surface area (Å²) in [6.07, 6.45) is 0.896. The van der Waals surface area contributed by atoms with E-state index in [0.717, 1.165) is 0 Å². The summed E-state index contributed by atoms with van der Waals surface area (Å²) in [4.78, 5) is 29.7. The number of carbonyl (C=O) groups excluding carboxylic acids is 2. The average Bonchev–Trinajstić information content (AvgIpc) is 3.29. The molecule has 0 spiro atoms.